The van der Waals surface area contributed by atoms with Crippen LogP contribution in [0.25, 0.3) is 0 Å². The van der Waals surface area contributed by atoms with E-state index in [1.165, 1.54) is 12.0 Å². The first kappa shape index (κ1) is 38.0. The molecule has 0 spiro atoms. The number of amides is 3. The molecule has 1 atom stereocenters. The van der Waals surface area contributed by atoms with Gasteiger partial charge >= 0.3 is 12.1 Å². The molecule has 0 bridgehead atoms. The molecule has 274 valence electrons. The van der Waals surface area contributed by atoms with E-state index in [0.717, 1.165) is 22.3 Å². The van der Waals surface area contributed by atoms with Gasteiger partial charge < -0.3 is 29.6 Å². The van der Waals surface area contributed by atoms with Crippen LogP contribution >= 0.6 is 0 Å². The van der Waals surface area contributed by atoms with E-state index in [-0.39, 0.29) is 6.42 Å². The van der Waals surface area contributed by atoms with Crippen LogP contribution in [0, 0.1) is 6.92 Å². The Bertz CT molecular complexity index is 1890. The molecule has 0 aliphatic carbocycles. The van der Waals surface area contributed by atoms with Gasteiger partial charge in [0.25, 0.3) is 0 Å². The van der Waals surface area contributed by atoms with Crippen LogP contribution in [0.5, 0.6) is 0 Å². The summed E-state index contributed by atoms with van der Waals surface area (Å²) in [5.74, 6) is -1.84. The Balaban J connectivity index is 1.42. The molecule has 0 aliphatic rings. The minimum Gasteiger partial charge on any atom is -0.467 e. The second-order valence-corrected chi connectivity index (χ2v) is 13.6. The number of benzene rings is 4. The molecule has 0 unspecified atom stereocenters. The van der Waals surface area contributed by atoms with Gasteiger partial charge in [0.1, 0.15) is 30.3 Å². The Morgan fingerprint density at radius 2 is 1.32 bits per heavy atom. The third-order valence-electron chi connectivity index (χ3n) is 8.56. The second-order valence-electron chi connectivity index (χ2n) is 13.6. The monoisotopic (exact) mass is 715 g/mol. The lowest BCUT2D eigenvalue weighted by Crippen LogP contribution is -2.50. The zero-order chi connectivity index (χ0) is 38.0. The zero-order valence-corrected chi connectivity index (χ0v) is 30.6. The maximum absolute atomic E-state index is 13.6. The minimum absolute atomic E-state index is 0.0124. The quantitative estimate of drug-likeness (QED) is 0.117. The van der Waals surface area contributed by atoms with Crippen LogP contribution < -0.4 is 15.5 Å². The molecule has 5 aromatic rings. The molecule has 0 radical (unpaired) electrons. The molecule has 4 aromatic carbocycles. The van der Waals surface area contributed by atoms with E-state index in [9.17, 15) is 19.2 Å². The van der Waals surface area contributed by atoms with Crippen molar-refractivity contribution in [2.75, 3.05) is 25.1 Å². The number of carbonyl (C=O) groups is 4. The highest BCUT2D eigenvalue weighted by Crippen LogP contribution is 2.40. The van der Waals surface area contributed by atoms with Gasteiger partial charge in [0.05, 0.1) is 19.1 Å². The van der Waals surface area contributed by atoms with Gasteiger partial charge in [-0.2, -0.15) is 0 Å². The standard InChI is InChI=1S/C42H45N5O6/c1-30-21-23-35(24-22-30)47(38(49)26-43-40(51)53-41(2,3)4)28-37(48)45-36(39(50)52-5)25-34-27-46(29-44-34)42(31-15-9-6-10-16-31,32-17-11-7-12-18-32)33-19-13-8-14-20-33/h6-24,27,29,36H,25-26,28H2,1-5H3,(H,43,51)(H,45,48)/t36-/m0/s1. The molecule has 0 saturated carbocycles. The molecule has 1 aromatic heterocycles. The summed E-state index contributed by atoms with van der Waals surface area (Å²) in [5.41, 5.74) is 3.35. The Morgan fingerprint density at radius 1 is 0.792 bits per heavy atom. The number of esters is 1. The lowest BCUT2D eigenvalue weighted by atomic mass is 9.77. The first-order valence-electron chi connectivity index (χ1n) is 17.3. The smallest absolute Gasteiger partial charge is 0.408 e. The number of alkyl carbamates (subject to hydrolysis) is 1. The number of rotatable bonds is 13. The van der Waals surface area contributed by atoms with Crippen LogP contribution in [0.3, 0.4) is 0 Å². The van der Waals surface area contributed by atoms with Crippen LogP contribution in [0.2, 0.25) is 0 Å². The van der Waals surface area contributed by atoms with Crippen LogP contribution in [0.4, 0.5) is 10.5 Å². The molecule has 11 heteroatoms. The van der Waals surface area contributed by atoms with Gasteiger partial charge in [-0.15, -0.1) is 0 Å². The van der Waals surface area contributed by atoms with Gasteiger partial charge in [0, 0.05) is 18.3 Å². The zero-order valence-electron chi connectivity index (χ0n) is 30.6. The van der Waals surface area contributed by atoms with Crippen LogP contribution in [0.15, 0.2) is 128 Å². The van der Waals surface area contributed by atoms with Gasteiger partial charge in [0.15, 0.2) is 0 Å². The van der Waals surface area contributed by atoms with Crippen molar-refractivity contribution in [3.63, 3.8) is 0 Å². The Labute approximate surface area is 310 Å². The third-order valence-corrected chi connectivity index (χ3v) is 8.56. The highest BCUT2D eigenvalue weighted by molar-refractivity contribution is 6.01. The average molecular weight is 716 g/mol. The lowest BCUT2D eigenvalue weighted by molar-refractivity contribution is -0.144. The number of hydrogen-bond donors (Lipinski definition) is 2. The number of ether oxygens (including phenoxy) is 2. The number of nitrogens with one attached hydrogen (secondary N) is 2. The fourth-order valence-electron chi connectivity index (χ4n) is 6.17. The minimum atomic E-state index is -1.12. The predicted molar refractivity (Wildman–Crippen MR) is 202 cm³/mol. The van der Waals surface area contributed by atoms with Crippen LogP contribution in [0.1, 0.15) is 48.7 Å². The van der Waals surface area contributed by atoms with Crippen molar-refractivity contribution in [3.8, 4) is 0 Å². The molecule has 0 aliphatic heterocycles. The molecule has 0 saturated heterocycles. The van der Waals surface area contributed by atoms with Crippen molar-refractivity contribution in [1.82, 2.24) is 20.2 Å². The molecular formula is C42H45N5O6. The van der Waals surface area contributed by atoms with E-state index in [1.54, 1.807) is 39.2 Å². The third kappa shape index (κ3) is 9.36. The van der Waals surface area contributed by atoms with Gasteiger partial charge in [-0.25, -0.2) is 14.6 Å². The number of aromatic nitrogens is 2. The van der Waals surface area contributed by atoms with Crippen molar-refractivity contribution in [1.29, 1.82) is 0 Å². The summed E-state index contributed by atoms with van der Waals surface area (Å²) >= 11 is 0. The maximum atomic E-state index is 13.6. The van der Waals surface area contributed by atoms with E-state index in [4.69, 9.17) is 14.5 Å². The summed E-state index contributed by atoms with van der Waals surface area (Å²) < 4.78 is 12.4. The number of aryl methyl sites for hydroxylation is 1. The van der Waals surface area contributed by atoms with Crippen LogP contribution in [-0.2, 0) is 35.8 Å². The van der Waals surface area contributed by atoms with E-state index in [2.05, 4.69) is 47.0 Å². The summed E-state index contributed by atoms with van der Waals surface area (Å²) in [7, 11) is 1.25. The first-order chi connectivity index (χ1) is 25.4. The number of carbonyl (C=O) groups excluding carboxylic acids is 4. The van der Waals surface area contributed by atoms with E-state index >= 15 is 0 Å². The van der Waals surface area contributed by atoms with Gasteiger partial charge in [-0.1, -0.05) is 109 Å². The molecule has 53 heavy (non-hydrogen) atoms. The molecule has 5 rings (SSSR count). The average Bonchev–Trinajstić information content (AvgIpc) is 3.62. The Morgan fingerprint density at radius 3 is 1.81 bits per heavy atom. The van der Waals surface area contributed by atoms with Gasteiger partial charge in [0.2, 0.25) is 11.8 Å². The second kappa shape index (κ2) is 16.9. The molecule has 2 N–H and O–H groups in total. The van der Waals surface area contributed by atoms with E-state index < -0.39 is 54.1 Å². The van der Waals surface area contributed by atoms with Crippen molar-refractivity contribution in [2.24, 2.45) is 0 Å². The van der Waals surface area contributed by atoms with E-state index in [1.807, 2.05) is 84.4 Å². The molecule has 3 amide bonds. The Kier molecular flexibility index (Phi) is 12.1. The van der Waals surface area contributed by atoms with Gasteiger partial charge in [-0.05, 0) is 56.5 Å². The number of anilines is 1. The summed E-state index contributed by atoms with van der Waals surface area (Å²) in [6.07, 6.45) is 2.85. The molecule has 0 fully saturated rings. The maximum Gasteiger partial charge on any atom is 0.408 e. The number of hydrogen-bond acceptors (Lipinski definition) is 7. The van der Waals surface area contributed by atoms with Crippen molar-refractivity contribution < 1.29 is 28.7 Å². The highest BCUT2D eigenvalue weighted by atomic mass is 16.6. The van der Waals surface area contributed by atoms with Gasteiger partial charge in [-0.3, -0.25) is 9.59 Å². The van der Waals surface area contributed by atoms with Crippen molar-refractivity contribution in [3.05, 3.63) is 156 Å². The Hall–Kier alpha value is -6.23. The normalized spacial score (nSPS) is 11.9. The fourth-order valence-corrected chi connectivity index (χ4v) is 6.17. The topological polar surface area (TPSA) is 132 Å². The number of methoxy groups -OCH3 is 1. The molecular weight excluding hydrogens is 670 g/mol. The largest absolute Gasteiger partial charge is 0.467 e. The summed E-state index contributed by atoms with van der Waals surface area (Å²) in [4.78, 5) is 58.4. The summed E-state index contributed by atoms with van der Waals surface area (Å²) in [6.45, 7) is 6.20. The SMILES string of the molecule is COC(=O)[C@H](Cc1cn(C(c2ccccc2)(c2ccccc2)c2ccccc2)cn1)NC(=O)CN(C(=O)CNC(=O)OC(C)(C)C)c1ccc(C)cc1. The lowest BCUT2D eigenvalue weighted by Gasteiger charge is -2.37. The number of nitrogens with zero attached hydrogens (tertiary/aromatic N) is 3. The molecule has 1 heterocycles. The highest BCUT2D eigenvalue weighted by Gasteiger charge is 2.38. The fraction of sp³-hybridized carbons (Fsp3) is 0.262. The summed E-state index contributed by atoms with van der Waals surface area (Å²) in [6, 6.07) is 36.2. The van der Waals surface area contributed by atoms with Crippen LogP contribution in [-0.4, -0.2) is 65.3 Å². The number of imidazole rings is 1. The first-order valence-corrected chi connectivity index (χ1v) is 17.3. The van der Waals surface area contributed by atoms with Crippen molar-refractivity contribution in [2.45, 2.75) is 51.3 Å². The predicted octanol–water partition coefficient (Wildman–Crippen LogP) is 5.79. The van der Waals surface area contributed by atoms with E-state index in [0.29, 0.717) is 11.4 Å². The van der Waals surface area contributed by atoms with Crippen molar-refractivity contribution >= 4 is 29.6 Å². The summed E-state index contributed by atoms with van der Waals surface area (Å²) in [5, 5.41) is 5.21. The molecule has 11 nitrogen and oxygen atoms in total.